The van der Waals surface area contributed by atoms with Gasteiger partial charge in [0.2, 0.25) is 0 Å². The van der Waals surface area contributed by atoms with Crippen LogP contribution in [0.3, 0.4) is 0 Å². The smallest absolute Gasteiger partial charge is 0.0788 e. The van der Waals surface area contributed by atoms with Crippen molar-refractivity contribution < 1.29 is 0 Å². The van der Waals surface area contributed by atoms with Crippen LogP contribution in [0.15, 0.2) is 170 Å². The second-order valence-electron chi connectivity index (χ2n) is 14.2. The summed E-state index contributed by atoms with van der Waals surface area (Å²) < 4.78 is 7.57. The zero-order chi connectivity index (χ0) is 35.2. The second kappa shape index (κ2) is 11.5. The van der Waals surface area contributed by atoms with E-state index >= 15 is 0 Å². The highest BCUT2D eigenvalue weighted by Gasteiger charge is 2.21. The van der Waals surface area contributed by atoms with Gasteiger partial charge in [0.25, 0.3) is 0 Å². The van der Waals surface area contributed by atoms with Crippen molar-refractivity contribution in [3.63, 3.8) is 0 Å². The summed E-state index contributed by atoms with van der Waals surface area (Å²) in [7, 11) is 0. The van der Waals surface area contributed by atoms with Crippen molar-refractivity contribution in [2.24, 2.45) is 0 Å². The number of aromatic nitrogens is 2. The fraction of sp³-hybridized carbons (Fsp3) is 0.0400. The summed E-state index contributed by atoms with van der Waals surface area (Å²) in [5, 5.41) is 7.64. The van der Waals surface area contributed by atoms with Crippen LogP contribution < -0.4 is 0 Å². The van der Waals surface area contributed by atoms with Crippen LogP contribution in [-0.2, 0) is 0 Å². The number of nitrogens with zero attached hydrogens (tertiary/aromatic N) is 2. The van der Waals surface area contributed by atoms with E-state index in [1.807, 2.05) is 11.3 Å². The Hall–Kier alpha value is -6.42. The molecule has 0 bridgehead atoms. The van der Waals surface area contributed by atoms with Crippen molar-refractivity contribution in [2.45, 2.75) is 13.8 Å². The molecular formula is C50H34N2S. The van der Waals surface area contributed by atoms with Crippen LogP contribution in [0.2, 0.25) is 0 Å². The number of hydrogen-bond donors (Lipinski definition) is 0. The molecule has 0 unspecified atom stereocenters. The molecule has 0 amide bonds. The molecule has 0 fully saturated rings. The first-order valence-corrected chi connectivity index (χ1v) is 19.1. The zero-order valence-electron chi connectivity index (χ0n) is 29.5. The maximum absolute atomic E-state index is 2.50. The molecule has 8 aromatic carbocycles. The molecule has 53 heavy (non-hydrogen) atoms. The van der Waals surface area contributed by atoms with Crippen molar-refractivity contribution >= 4 is 75.1 Å². The summed E-state index contributed by atoms with van der Waals surface area (Å²) in [6, 6.07) is 62.6. The third-order valence-corrected chi connectivity index (χ3v) is 12.4. The van der Waals surface area contributed by atoms with Crippen molar-refractivity contribution in [2.75, 3.05) is 0 Å². The van der Waals surface area contributed by atoms with E-state index in [1.165, 1.54) is 103 Å². The van der Waals surface area contributed by atoms with Gasteiger partial charge in [0.05, 0.1) is 22.1 Å². The first-order chi connectivity index (χ1) is 26.1. The lowest BCUT2D eigenvalue weighted by Gasteiger charge is -2.14. The van der Waals surface area contributed by atoms with E-state index in [2.05, 4.69) is 193 Å². The fourth-order valence-electron chi connectivity index (χ4n) is 8.80. The van der Waals surface area contributed by atoms with E-state index in [0.717, 1.165) is 5.69 Å². The van der Waals surface area contributed by atoms with Crippen LogP contribution in [0.5, 0.6) is 0 Å². The monoisotopic (exact) mass is 694 g/mol. The highest BCUT2D eigenvalue weighted by Crippen LogP contribution is 2.44. The minimum absolute atomic E-state index is 1.16. The SMILES string of the molecule is Cc1ccccc1-c1cccc(-c2ccc3c(c2)sc2ccc(-n4c5ccccc5c5ccc6c7ccccc7n(-c7ccccc7)c6c54)cc23)c1C. The van der Waals surface area contributed by atoms with Gasteiger partial charge in [-0.15, -0.1) is 11.3 Å². The van der Waals surface area contributed by atoms with Crippen LogP contribution in [0.1, 0.15) is 11.1 Å². The first-order valence-electron chi connectivity index (χ1n) is 18.3. The maximum atomic E-state index is 2.50. The molecule has 0 aliphatic heterocycles. The summed E-state index contributed by atoms with van der Waals surface area (Å²) in [5.74, 6) is 0. The lowest BCUT2D eigenvalue weighted by molar-refractivity contribution is 1.15. The van der Waals surface area contributed by atoms with Gasteiger partial charge in [-0.3, -0.25) is 0 Å². The first kappa shape index (κ1) is 30.2. The summed E-state index contributed by atoms with van der Waals surface area (Å²) in [6.45, 7) is 4.46. The Labute approximate surface area is 311 Å². The van der Waals surface area contributed by atoms with Gasteiger partial charge in [0.1, 0.15) is 0 Å². The number of para-hydroxylation sites is 3. The van der Waals surface area contributed by atoms with Gasteiger partial charge < -0.3 is 9.13 Å². The number of hydrogen-bond acceptors (Lipinski definition) is 1. The fourth-order valence-corrected chi connectivity index (χ4v) is 9.93. The molecule has 3 heterocycles. The lowest BCUT2D eigenvalue weighted by Crippen LogP contribution is -1.98. The molecule has 0 saturated heterocycles. The molecule has 11 aromatic rings. The summed E-state index contributed by atoms with van der Waals surface area (Å²) in [6.07, 6.45) is 0. The topological polar surface area (TPSA) is 9.86 Å². The van der Waals surface area contributed by atoms with Crippen LogP contribution in [0.25, 0.3) is 97.4 Å². The molecule has 2 nitrogen and oxygen atoms in total. The Balaban J connectivity index is 1.14. The molecular weight excluding hydrogens is 661 g/mol. The molecule has 0 atom stereocenters. The van der Waals surface area contributed by atoms with E-state index in [-0.39, 0.29) is 0 Å². The van der Waals surface area contributed by atoms with E-state index in [0.29, 0.717) is 0 Å². The largest absolute Gasteiger partial charge is 0.307 e. The van der Waals surface area contributed by atoms with E-state index < -0.39 is 0 Å². The normalized spacial score (nSPS) is 12.0. The Bertz CT molecular complexity index is 3250. The second-order valence-corrected chi connectivity index (χ2v) is 15.3. The average Bonchev–Trinajstić information content (AvgIpc) is 3.86. The Kier molecular flexibility index (Phi) is 6.58. The molecule has 0 aliphatic carbocycles. The van der Waals surface area contributed by atoms with Crippen molar-refractivity contribution in [3.05, 3.63) is 181 Å². The highest BCUT2D eigenvalue weighted by molar-refractivity contribution is 7.25. The van der Waals surface area contributed by atoms with Crippen LogP contribution in [0, 0.1) is 13.8 Å². The van der Waals surface area contributed by atoms with Crippen molar-refractivity contribution in [1.29, 1.82) is 0 Å². The summed E-state index contributed by atoms with van der Waals surface area (Å²) >= 11 is 1.88. The quantitative estimate of drug-likeness (QED) is 0.174. The Morgan fingerprint density at radius 1 is 0.377 bits per heavy atom. The van der Waals surface area contributed by atoms with Gasteiger partial charge >= 0.3 is 0 Å². The summed E-state index contributed by atoms with van der Waals surface area (Å²) in [5.41, 5.74) is 15.0. The van der Waals surface area contributed by atoms with Gasteiger partial charge in [-0.2, -0.15) is 0 Å². The van der Waals surface area contributed by atoms with Crippen LogP contribution in [-0.4, -0.2) is 9.13 Å². The standard InChI is InChI=1S/C50H34N2S/c1-31-13-6-7-16-36(31)38-20-12-19-37(32(38)2)33-23-25-41-44-30-35(24-28-47(44)53-48(41)29-33)52-46-22-11-9-18-40(46)43-27-26-42-39-17-8-10-21-45(39)51(49(42)50(43)52)34-14-4-3-5-15-34/h3-30H,1-2H3. The van der Waals surface area contributed by atoms with Gasteiger partial charge in [0, 0.05) is 53.1 Å². The van der Waals surface area contributed by atoms with Gasteiger partial charge in [-0.25, -0.2) is 0 Å². The Morgan fingerprint density at radius 2 is 0.981 bits per heavy atom. The minimum atomic E-state index is 1.16. The third-order valence-electron chi connectivity index (χ3n) is 11.3. The van der Waals surface area contributed by atoms with Gasteiger partial charge in [-0.1, -0.05) is 121 Å². The predicted molar refractivity (Wildman–Crippen MR) is 228 cm³/mol. The molecule has 3 heteroatoms. The molecule has 3 aromatic heterocycles. The molecule has 250 valence electrons. The number of rotatable bonds is 4. The van der Waals surface area contributed by atoms with Crippen molar-refractivity contribution in [1.82, 2.24) is 9.13 Å². The molecule has 0 radical (unpaired) electrons. The Morgan fingerprint density at radius 3 is 1.72 bits per heavy atom. The van der Waals surface area contributed by atoms with Gasteiger partial charge in [-0.05, 0) is 95.8 Å². The van der Waals surface area contributed by atoms with Crippen LogP contribution in [0.4, 0.5) is 0 Å². The number of aryl methyl sites for hydroxylation is 1. The molecule has 0 N–H and O–H groups in total. The summed E-state index contributed by atoms with van der Waals surface area (Å²) in [4.78, 5) is 0. The molecule has 11 rings (SSSR count). The van der Waals surface area contributed by atoms with Crippen molar-refractivity contribution in [3.8, 4) is 33.6 Å². The van der Waals surface area contributed by atoms with E-state index in [1.54, 1.807) is 0 Å². The lowest BCUT2D eigenvalue weighted by atomic mass is 9.91. The van der Waals surface area contributed by atoms with E-state index in [9.17, 15) is 0 Å². The van der Waals surface area contributed by atoms with E-state index in [4.69, 9.17) is 0 Å². The number of benzene rings is 8. The average molecular weight is 695 g/mol. The zero-order valence-corrected chi connectivity index (χ0v) is 30.3. The predicted octanol–water partition coefficient (Wildman–Crippen LogP) is 14.2. The number of fused-ring (bicyclic) bond motifs is 10. The number of thiophene rings is 1. The maximum Gasteiger partial charge on any atom is 0.0788 e. The minimum Gasteiger partial charge on any atom is -0.307 e. The molecule has 0 aliphatic rings. The van der Waals surface area contributed by atoms with Gasteiger partial charge in [0.15, 0.2) is 0 Å². The molecule has 0 saturated carbocycles. The third kappa shape index (κ3) is 4.44. The van der Waals surface area contributed by atoms with Crippen LogP contribution >= 0.6 is 11.3 Å². The molecule has 0 spiro atoms. The highest BCUT2D eigenvalue weighted by atomic mass is 32.1.